The molecule has 0 N–H and O–H groups in total. The van der Waals surface area contributed by atoms with E-state index in [4.69, 9.17) is 4.74 Å². The van der Waals surface area contributed by atoms with Gasteiger partial charge >= 0.3 is 0 Å². The minimum atomic E-state index is 0.737. The molecule has 3 rings (SSSR count). The molecule has 2 aliphatic rings. The molecule has 0 aliphatic heterocycles. The minimum Gasteiger partial charge on any atom is -0.497 e. The molecule has 2 bridgehead atoms. The van der Waals surface area contributed by atoms with Crippen molar-refractivity contribution in [2.24, 2.45) is 17.8 Å². The van der Waals surface area contributed by atoms with Crippen molar-refractivity contribution < 1.29 is 4.74 Å². The maximum atomic E-state index is 5.23. The van der Waals surface area contributed by atoms with Gasteiger partial charge in [-0.15, -0.1) is 0 Å². The van der Waals surface area contributed by atoms with Crippen molar-refractivity contribution in [1.29, 1.82) is 0 Å². The Morgan fingerprint density at radius 1 is 1.12 bits per heavy atom. The first-order chi connectivity index (χ1) is 8.33. The van der Waals surface area contributed by atoms with Gasteiger partial charge in [-0.25, -0.2) is 0 Å². The third-order valence-corrected chi connectivity index (χ3v) is 4.59. The van der Waals surface area contributed by atoms with Gasteiger partial charge in [-0.05, 0) is 47.8 Å². The van der Waals surface area contributed by atoms with Crippen LogP contribution in [0.5, 0.6) is 5.75 Å². The first-order valence-electron chi connectivity index (χ1n) is 6.65. The van der Waals surface area contributed by atoms with Crippen LogP contribution < -0.4 is 4.74 Å². The summed E-state index contributed by atoms with van der Waals surface area (Å²) >= 11 is 0. The Morgan fingerprint density at radius 3 is 2.47 bits per heavy atom. The van der Waals surface area contributed by atoms with Gasteiger partial charge in [0.1, 0.15) is 5.75 Å². The highest BCUT2D eigenvalue weighted by atomic mass is 16.5. The molecule has 4 unspecified atom stereocenters. The first-order valence-corrected chi connectivity index (χ1v) is 6.65. The standard InChI is InChI=1S/C16H20O/c1-3-15-12-4-5-13(10-12)16(15)11-6-8-14(17-2)9-7-11/h4-9,12-13,15-16H,3,10H2,1-2H3. The predicted molar refractivity (Wildman–Crippen MR) is 70.3 cm³/mol. The van der Waals surface area contributed by atoms with E-state index in [2.05, 4.69) is 43.3 Å². The lowest BCUT2D eigenvalue weighted by Gasteiger charge is -2.27. The highest BCUT2D eigenvalue weighted by Crippen LogP contribution is 2.54. The van der Waals surface area contributed by atoms with Gasteiger partial charge < -0.3 is 4.74 Å². The van der Waals surface area contributed by atoms with Crippen molar-refractivity contribution in [3.8, 4) is 5.75 Å². The maximum absolute atomic E-state index is 5.23. The molecule has 1 saturated carbocycles. The van der Waals surface area contributed by atoms with Gasteiger partial charge in [0.2, 0.25) is 0 Å². The average molecular weight is 228 g/mol. The van der Waals surface area contributed by atoms with Crippen LogP contribution in [0.4, 0.5) is 0 Å². The van der Waals surface area contributed by atoms with E-state index < -0.39 is 0 Å². The van der Waals surface area contributed by atoms with Crippen molar-refractivity contribution in [2.75, 3.05) is 7.11 Å². The molecule has 90 valence electrons. The van der Waals surface area contributed by atoms with E-state index in [0.29, 0.717) is 0 Å². The lowest BCUT2D eigenvalue weighted by Crippen LogP contribution is -2.16. The summed E-state index contributed by atoms with van der Waals surface area (Å²) in [4.78, 5) is 0. The number of methoxy groups -OCH3 is 1. The second-order valence-corrected chi connectivity index (χ2v) is 5.32. The van der Waals surface area contributed by atoms with Gasteiger partial charge in [-0.1, -0.05) is 37.6 Å². The molecule has 1 nitrogen and oxygen atoms in total. The Hall–Kier alpha value is -1.24. The Morgan fingerprint density at radius 2 is 1.82 bits per heavy atom. The summed E-state index contributed by atoms with van der Waals surface area (Å²) in [6.45, 7) is 2.33. The fourth-order valence-corrected chi connectivity index (χ4v) is 3.80. The third kappa shape index (κ3) is 1.69. The molecule has 0 amide bonds. The number of allylic oxidation sites excluding steroid dienone is 2. The van der Waals surface area contributed by atoms with Gasteiger partial charge in [-0.2, -0.15) is 0 Å². The Labute approximate surface area is 103 Å². The van der Waals surface area contributed by atoms with E-state index in [1.807, 2.05) is 0 Å². The molecule has 17 heavy (non-hydrogen) atoms. The number of ether oxygens (including phenoxy) is 1. The van der Waals surface area contributed by atoms with Crippen LogP contribution in [0.1, 0.15) is 31.2 Å². The van der Waals surface area contributed by atoms with Crippen LogP contribution in [0.3, 0.4) is 0 Å². The number of fused-ring (bicyclic) bond motifs is 2. The van der Waals surface area contributed by atoms with Crippen molar-refractivity contribution in [1.82, 2.24) is 0 Å². The number of hydrogen-bond acceptors (Lipinski definition) is 1. The zero-order valence-electron chi connectivity index (χ0n) is 10.6. The molecule has 1 aromatic carbocycles. The van der Waals surface area contributed by atoms with Crippen LogP contribution in [0, 0.1) is 17.8 Å². The zero-order valence-corrected chi connectivity index (χ0v) is 10.6. The topological polar surface area (TPSA) is 9.23 Å². The van der Waals surface area contributed by atoms with E-state index >= 15 is 0 Å². The average Bonchev–Trinajstić information content (AvgIpc) is 2.98. The normalized spacial score (nSPS) is 34.2. The number of benzene rings is 1. The molecule has 0 radical (unpaired) electrons. The fraction of sp³-hybridized carbons (Fsp3) is 0.500. The first kappa shape index (κ1) is 10.9. The predicted octanol–water partition coefficient (Wildman–Crippen LogP) is 4.01. The van der Waals surface area contributed by atoms with Crippen molar-refractivity contribution >= 4 is 0 Å². The summed E-state index contributed by atoms with van der Waals surface area (Å²) in [5.41, 5.74) is 1.49. The van der Waals surface area contributed by atoms with E-state index in [1.165, 1.54) is 18.4 Å². The van der Waals surface area contributed by atoms with E-state index in [1.54, 1.807) is 7.11 Å². The summed E-state index contributed by atoms with van der Waals surface area (Å²) in [7, 11) is 1.73. The van der Waals surface area contributed by atoms with E-state index in [-0.39, 0.29) is 0 Å². The largest absolute Gasteiger partial charge is 0.497 e. The van der Waals surface area contributed by atoms with Crippen molar-refractivity contribution in [3.63, 3.8) is 0 Å². The molecule has 0 saturated heterocycles. The van der Waals surface area contributed by atoms with Crippen LogP contribution in [-0.4, -0.2) is 7.11 Å². The lowest BCUT2D eigenvalue weighted by molar-refractivity contribution is 0.381. The smallest absolute Gasteiger partial charge is 0.118 e. The van der Waals surface area contributed by atoms with Crippen LogP contribution in [-0.2, 0) is 0 Å². The Kier molecular flexibility index (Phi) is 2.70. The summed E-state index contributed by atoms with van der Waals surface area (Å²) in [6.07, 6.45) is 7.54. The second-order valence-electron chi connectivity index (χ2n) is 5.32. The Balaban J connectivity index is 1.90. The molecular formula is C16H20O. The highest BCUT2D eigenvalue weighted by molar-refractivity contribution is 5.34. The van der Waals surface area contributed by atoms with Crippen LogP contribution >= 0.6 is 0 Å². The molecule has 1 heteroatoms. The number of rotatable bonds is 3. The highest BCUT2D eigenvalue weighted by Gasteiger charge is 2.43. The summed E-state index contributed by atoms with van der Waals surface area (Å²) in [5.74, 6) is 4.15. The fourth-order valence-electron chi connectivity index (χ4n) is 3.80. The molecule has 2 aliphatic carbocycles. The molecule has 0 heterocycles. The van der Waals surface area contributed by atoms with Gasteiger partial charge in [0.15, 0.2) is 0 Å². The van der Waals surface area contributed by atoms with Gasteiger partial charge in [0, 0.05) is 0 Å². The van der Waals surface area contributed by atoms with Crippen LogP contribution in [0.15, 0.2) is 36.4 Å². The molecule has 1 aromatic rings. The summed E-state index contributed by atoms with van der Waals surface area (Å²) in [5, 5.41) is 0. The van der Waals surface area contributed by atoms with Crippen molar-refractivity contribution in [3.05, 3.63) is 42.0 Å². The summed E-state index contributed by atoms with van der Waals surface area (Å²) in [6, 6.07) is 8.69. The molecule has 0 aromatic heterocycles. The molecular weight excluding hydrogens is 208 g/mol. The van der Waals surface area contributed by atoms with Gasteiger partial charge in [0.25, 0.3) is 0 Å². The van der Waals surface area contributed by atoms with E-state index in [0.717, 1.165) is 29.4 Å². The maximum Gasteiger partial charge on any atom is 0.118 e. The minimum absolute atomic E-state index is 0.737. The quantitative estimate of drug-likeness (QED) is 0.710. The Bertz CT molecular complexity index is 418. The monoisotopic (exact) mass is 228 g/mol. The SMILES string of the molecule is CCC1C2C=CC(C2)C1c1ccc(OC)cc1. The molecule has 0 spiro atoms. The van der Waals surface area contributed by atoms with E-state index in [9.17, 15) is 0 Å². The molecule has 1 fully saturated rings. The van der Waals surface area contributed by atoms with Gasteiger partial charge in [0.05, 0.1) is 7.11 Å². The van der Waals surface area contributed by atoms with Crippen molar-refractivity contribution in [2.45, 2.75) is 25.7 Å². The third-order valence-electron chi connectivity index (χ3n) is 4.59. The summed E-state index contributed by atoms with van der Waals surface area (Å²) < 4.78 is 5.23. The lowest BCUT2D eigenvalue weighted by atomic mass is 9.77. The van der Waals surface area contributed by atoms with Gasteiger partial charge in [-0.3, -0.25) is 0 Å². The zero-order chi connectivity index (χ0) is 11.8. The van der Waals surface area contributed by atoms with Crippen LogP contribution in [0.2, 0.25) is 0 Å². The molecule has 4 atom stereocenters. The van der Waals surface area contributed by atoms with Crippen LogP contribution in [0.25, 0.3) is 0 Å². The number of hydrogen-bond donors (Lipinski definition) is 0. The second kappa shape index (κ2) is 4.21.